The third kappa shape index (κ3) is 18.1. The van der Waals surface area contributed by atoms with E-state index in [1.807, 2.05) is 0 Å². The van der Waals surface area contributed by atoms with Crippen LogP contribution in [0.2, 0.25) is 0 Å². The summed E-state index contributed by atoms with van der Waals surface area (Å²) >= 11 is 0. The Morgan fingerprint density at radius 2 is 0.824 bits per heavy atom. The van der Waals surface area contributed by atoms with Crippen LogP contribution < -0.4 is 130 Å². The van der Waals surface area contributed by atoms with E-state index < -0.39 is 118 Å². The summed E-state index contributed by atoms with van der Waals surface area (Å²) in [6, 6.07) is 15.2. The number of azo groups is 3. The average molecular weight is 1090 g/mol. The number of benzene rings is 5. The second-order valence-electron chi connectivity index (χ2n) is 12.5. The predicted octanol–water partition coefficient (Wildman–Crippen LogP) is -8.42. The molecule has 0 spiro atoms. The summed E-state index contributed by atoms with van der Waals surface area (Å²) in [6.07, 6.45) is 0. The molecule has 342 valence electrons. The molecule has 0 heterocycles. The summed E-state index contributed by atoms with van der Waals surface area (Å²) in [5.74, 6) is -1.72. The van der Waals surface area contributed by atoms with E-state index in [4.69, 9.17) is 11.5 Å². The molecule has 36 heteroatoms. The smallest absolute Gasteiger partial charge is 0.744 e. The van der Waals surface area contributed by atoms with Gasteiger partial charge < -0.3 is 29.7 Å². The summed E-state index contributed by atoms with van der Waals surface area (Å²) < 4.78 is 194. The molecule has 4 N–H and O–H groups in total. The molecule has 5 aromatic rings. The molecule has 0 radical (unpaired) electrons. The third-order valence-electron chi connectivity index (χ3n) is 8.17. The summed E-state index contributed by atoms with van der Waals surface area (Å²) in [7, 11) is -28.9. The number of hydrogen-bond acceptors (Lipinski definition) is 26. The summed E-state index contributed by atoms with van der Waals surface area (Å²) in [6.45, 7) is -1.88. The van der Waals surface area contributed by atoms with Crippen LogP contribution in [0.15, 0.2) is 135 Å². The zero-order valence-electron chi connectivity index (χ0n) is 35.5. The number of nitrogens with zero attached hydrogens (tertiary/aromatic N) is 6. The van der Waals surface area contributed by atoms with E-state index in [1.165, 1.54) is 24.3 Å². The fourth-order valence-corrected chi connectivity index (χ4v) is 9.26. The van der Waals surface area contributed by atoms with Gasteiger partial charge in [0.05, 0.1) is 78.4 Å². The first-order chi connectivity index (χ1) is 29.5. The maximum atomic E-state index is 12.5. The first-order valence-electron chi connectivity index (χ1n) is 16.9. The fourth-order valence-electron chi connectivity index (χ4n) is 5.18. The summed E-state index contributed by atoms with van der Waals surface area (Å²) in [4.78, 5) is -2.36. The summed E-state index contributed by atoms with van der Waals surface area (Å²) in [5.41, 5.74) is 9.70. The van der Waals surface area contributed by atoms with E-state index in [9.17, 15) is 68.7 Å². The van der Waals surface area contributed by atoms with Gasteiger partial charge in [0.25, 0.3) is 0 Å². The molecule has 0 bridgehead atoms. The molecule has 0 atom stereocenters. The number of sulfone groups is 2. The van der Waals surface area contributed by atoms with Gasteiger partial charge >= 0.3 is 118 Å². The molecule has 0 aromatic heterocycles. The van der Waals surface area contributed by atoms with E-state index in [1.54, 1.807) is 0 Å². The number of rotatable bonds is 18. The minimum atomic E-state index is -5.35. The van der Waals surface area contributed by atoms with Crippen LogP contribution in [-0.2, 0) is 69.1 Å². The van der Waals surface area contributed by atoms with Crippen LogP contribution in [0.5, 0.6) is 0 Å². The van der Waals surface area contributed by atoms with Crippen molar-refractivity contribution in [1.29, 1.82) is 0 Å². The molecule has 5 rings (SSSR count). The average Bonchev–Trinajstić information content (AvgIpc) is 3.18. The molecule has 68 heavy (non-hydrogen) atoms. The van der Waals surface area contributed by atoms with Crippen molar-refractivity contribution in [1.82, 2.24) is 0 Å². The normalized spacial score (nSPS) is 12.6. The molecular formula is C32H26N8Na4O18S6. The molecular weight excluding hydrogens is 1070 g/mol. The molecule has 0 aliphatic carbocycles. The van der Waals surface area contributed by atoms with Gasteiger partial charge in [-0.05, 0) is 78.9 Å². The number of nitrogens with two attached hydrogens (primary N) is 2. The van der Waals surface area contributed by atoms with Gasteiger partial charge in [0.1, 0.15) is 31.6 Å². The van der Waals surface area contributed by atoms with Crippen LogP contribution in [-0.4, -0.2) is 93.4 Å². The van der Waals surface area contributed by atoms with Crippen LogP contribution in [0, 0.1) is 0 Å². The molecule has 0 saturated carbocycles. The van der Waals surface area contributed by atoms with Crippen molar-refractivity contribution in [3.05, 3.63) is 84.9 Å². The van der Waals surface area contributed by atoms with E-state index in [2.05, 4.69) is 39.1 Å². The number of fused-ring (bicyclic) bond motifs is 1. The van der Waals surface area contributed by atoms with Crippen molar-refractivity contribution >= 4 is 117 Å². The molecule has 0 saturated heterocycles. The van der Waals surface area contributed by atoms with E-state index in [-0.39, 0.29) is 162 Å². The molecule has 5 aromatic carbocycles. The molecule has 0 unspecified atom stereocenters. The van der Waals surface area contributed by atoms with Gasteiger partial charge in [0.15, 0.2) is 19.7 Å². The minimum absolute atomic E-state index is 0. The Morgan fingerprint density at radius 1 is 0.426 bits per heavy atom. The third-order valence-corrected chi connectivity index (χ3v) is 14.2. The minimum Gasteiger partial charge on any atom is -0.744 e. The van der Waals surface area contributed by atoms with E-state index >= 15 is 0 Å². The Bertz CT molecular complexity index is 3450. The van der Waals surface area contributed by atoms with Crippen molar-refractivity contribution in [2.45, 2.75) is 19.6 Å². The molecule has 0 fully saturated rings. The number of anilines is 2. The van der Waals surface area contributed by atoms with Crippen LogP contribution in [0.3, 0.4) is 0 Å². The van der Waals surface area contributed by atoms with Crippen LogP contribution in [0.25, 0.3) is 10.8 Å². The van der Waals surface area contributed by atoms with Crippen LogP contribution >= 0.6 is 0 Å². The maximum Gasteiger partial charge on any atom is 1.00 e. The Kier molecular flexibility index (Phi) is 24.3. The van der Waals surface area contributed by atoms with Crippen molar-refractivity contribution in [3.8, 4) is 0 Å². The molecule has 0 aliphatic rings. The Labute approximate surface area is 477 Å². The Balaban J connectivity index is 0.00000578. The number of nitrogen functional groups attached to an aromatic ring is 2. The van der Waals surface area contributed by atoms with Crippen molar-refractivity contribution < 1.29 is 195 Å². The first kappa shape index (κ1) is 64.2. The van der Waals surface area contributed by atoms with Gasteiger partial charge in [-0.3, -0.25) is 8.37 Å². The van der Waals surface area contributed by atoms with Gasteiger partial charge in [0, 0.05) is 10.8 Å². The van der Waals surface area contributed by atoms with Crippen molar-refractivity contribution in [2.75, 3.05) is 36.2 Å². The van der Waals surface area contributed by atoms with Crippen LogP contribution in [0.4, 0.5) is 45.5 Å². The predicted molar refractivity (Wildman–Crippen MR) is 216 cm³/mol. The largest absolute Gasteiger partial charge is 1.00 e. The molecule has 26 nitrogen and oxygen atoms in total. The van der Waals surface area contributed by atoms with E-state index in [0.29, 0.717) is 6.07 Å². The SMILES string of the molecule is Nc1c(N=Nc2ccc(N=Nc3ccc(S(=O)(=O)CCOS(=O)(=O)[O-])cc3)c3cc(S(=O)(=O)[O-])ccc23)cc(S(=O)(=O)[O-])c(N)c1N=Nc1ccc(S(=O)(=O)CCOS(=O)(=O)[O-])cc1.[Na+].[Na+].[Na+].[Na+]. The Morgan fingerprint density at radius 3 is 1.25 bits per heavy atom. The van der Waals surface area contributed by atoms with Gasteiger partial charge in [0.2, 0.25) is 20.8 Å². The standard InChI is InChI=1S/C32H30N8O18S6.4Na/c33-30-28(18-29(62(48,49)50)31(34)32(30)40-36-20-3-7-22(8-4-20)60(43,44)16-14-58-64(54,55)56)39-38-26-11-12-27(25-17-23(61(45,46)47)9-10-24(25)26)37-35-19-1-5-21(6-2-19)59(41,42)15-13-57-63(51,52)53;;;;/h1-12,17-18H,13-16,33-34H2,(H,45,46,47)(H,48,49,50)(H,51,52,53)(H,54,55,56);;;;/q;4*+1/p-4. The van der Waals surface area contributed by atoms with Crippen LogP contribution in [0.1, 0.15) is 0 Å². The topological polar surface area (TPSA) is 442 Å². The quantitative estimate of drug-likeness (QED) is 0.0270. The Hall–Kier alpha value is -1.78. The second kappa shape index (κ2) is 25.7. The molecule has 0 aliphatic heterocycles. The fraction of sp³-hybridized carbons (Fsp3) is 0.125. The zero-order chi connectivity index (χ0) is 47.5. The van der Waals surface area contributed by atoms with Gasteiger partial charge in [-0.1, -0.05) is 6.07 Å². The monoisotopic (exact) mass is 1090 g/mol. The van der Waals surface area contributed by atoms with Gasteiger partial charge in [-0.25, -0.2) is 50.5 Å². The second-order valence-corrected chi connectivity index (χ2v) is 21.5. The van der Waals surface area contributed by atoms with Gasteiger partial charge in [-0.15, -0.1) is 20.5 Å². The van der Waals surface area contributed by atoms with E-state index in [0.717, 1.165) is 54.6 Å². The van der Waals surface area contributed by atoms with Crippen molar-refractivity contribution in [3.63, 3.8) is 0 Å². The number of hydrogen-bond donors (Lipinski definition) is 2. The van der Waals surface area contributed by atoms with Gasteiger partial charge in [-0.2, -0.15) is 10.2 Å². The maximum absolute atomic E-state index is 12.5. The zero-order valence-corrected chi connectivity index (χ0v) is 48.4. The van der Waals surface area contributed by atoms with Crippen molar-refractivity contribution in [2.24, 2.45) is 30.7 Å². The first-order valence-corrected chi connectivity index (χ1v) is 25.6. The summed E-state index contributed by atoms with van der Waals surface area (Å²) in [5, 5.41) is 23.8. The molecule has 0 amide bonds.